The van der Waals surface area contributed by atoms with E-state index in [4.69, 9.17) is 9.47 Å². The lowest BCUT2D eigenvalue weighted by molar-refractivity contribution is -0.227. The number of methoxy groups -OCH3 is 2. The SMILES string of the molecule is COC(CC/C=C\C[C@H]1C(=O)CC[C@@H]1/C=C/CCCc1ccccc1)(OC)C(=O)O. The molecule has 0 aromatic heterocycles. The number of aryl methyl sites for hydroxylation is 1. The van der Waals surface area contributed by atoms with E-state index in [-0.39, 0.29) is 12.3 Å². The molecule has 0 aliphatic heterocycles. The Hall–Kier alpha value is -2.24. The summed E-state index contributed by atoms with van der Waals surface area (Å²) in [5.41, 5.74) is 1.36. The summed E-state index contributed by atoms with van der Waals surface area (Å²) in [5.74, 6) is -2.09. The molecule has 0 heterocycles. The van der Waals surface area contributed by atoms with Crippen molar-refractivity contribution >= 4 is 11.8 Å². The fourth-order valence-corrected chi connectivity index (χ4v) is 4.01. The number of hydrogen-bond donors (Lipinski definition) is 1. The van der Waals surface area contributed by atoms with Crippen LogP contribution in [-0.4, -0.2) is 36.9 Å². The van der Waals surface area contributed by atoms with Crippen LogP contribution in [-0.2, 0) is 25.5 Å². The highest BCUT2D eigenvalue weighted by Crippen LogP contribution is 2.33. The number of allylic oxidation sites excluding steroid dienone is 4. The molecular weight excluding hydrogens is 380 g/mol. The highest BCUT2D eigenvalue weighted by Gasteiger charge is 2.38. The maximum Gasteiger partial charge on any atom is 0.364 e. The molecule has 1 fully saturated rings. The van der Waals surface area contributed by atoms with Gasteiger partial charge >= 0.3 is 5.97 Å². The van der Waals surface area contributed by atoms with E-state index in [2.05, 4.69) is 36.4 Å². The first kappa shape index (κ1) is 24.0. The Balaban J connectivity index is 1.76. The largest absolute Gasteiger partial charge is 0.477 e. The van der Waals surface area contributed by atoms with Crippen molar-refractivity contribution in [2.45, 2.75) is 57.2 Å². The number of carbonyl (C=O) groups is 2. The lowest BCUT2D eigenvalue weighted by Gasteiger charge is -2.25. The maximum atomic E-state index is 12.3. The number of aliphatic carboxylic acids is 1. The Labute approximate surface area is 179 Å². The van der Waals surface area contributed by atoms with E-state index < -0.39 is 11.8 Å². The second kappa shape index (κ2) is 12.5. The molecule has 1 aromatic rings. The van der Waals surface area contributed by atoms with Gasteiger partial charge < -0.3 is 14.6 Å². The normalized spacial score (nSPS) is 19.9. The van der Waals surface area contributed by atoms with Gasteiger partial charge in [-0.1, -0.05) is 54.6 Å². The summed E-state index contributed by atoms with van der Waals surface area (Å²) < 4.78 is 10.1. The highest BCUT2D eigenvalue weighted by molar-refractivity contribution is 5.83. The lowest BCUT2D eigenvalue weighted by atomic mass is 9.91. The van der Waals surface area contributed by atoms with Crippen molar-refractivity contribution in [3.63, 3.8) is 0 Å². The fourth-order valence-electron chi connectivity index (χ4n) is 4.01. The molecule has 0 radical (unpaired) electrons. The maximum absolute atomic E-state index is 12.3. The minimum atomic E-state index is -1.61. The lowest BCUT2D eigenvalue weighted by Crippen LogP contribution is -2.42. The molecule has 1 N–H and O–H groups in total. The fraction of sp³-hybridized carbons (Fsp3) is 0.520. The molecule has 30 heavy (non-hydrogen) atoms. The number of benzene rings is 1. The van der Waals surface area contributed by atoms with E-state index in [0.717, 1.165) is 25.7 Å². The van der Waals surface area contributed by atoms with Crippen LogP contribution in [0.25, 0.3) is 0 Å². The summed E-state index contributed by atoms with van der Waals surface area (Å²) >= 11 is 0. The van der Waals surface area contributed by atoms with Crippen LogP contribution >= 0.6 is 0 Å². The van der Waals surface area contributed by atoms with Crippen molar-refractivity contribution in [3.8, 4) is 0 Å². The first-order chi connectivity index (χ1) is 14.5. The van der Waals surface area contributed by atoms with E-state index in [1.165, 1.54) is 19.8 Å². The molecular formula is C25H34O5. The molecule has 1 saturated carbocycles. The predicted octanol–water partition coefficient (Wildman–Crippen LogP) is 4.96. The Kier molecular flexibility index (Phi) is 9.98. The second-order valence-electron chi connectivity index (χ2n) is 7.79. The summed E-state index contributed by atoms with van der Waals surface area (Å²) in [6.07, 6.45) is 14.5. The first-order valence-electron chi connectivity index (χ1n) is 10.7. The summed E-state index contributed by atoms with van der Waals surface area (Å²) in [5, 5.41) is 9.28. The number of rotatable bonds is 13. The predicted molar refractivity (Wildman–Crippen MR) is 117 cm³/mol. The average molecular weight is 415 g/mol. The Morgan fingerprint density at radius 2 is 1.87 bits per heavy atom. The Morgan fingerprint density at radius 1 is 1.13 bits per heavy atom. The van der Waals surface area contributed by atoms with Gasteiger partial charge in [0.25, 0.3) is 5.79 Å². The number of unbranched alkanes of at least 4 members (excludes halogenated alkanes) is 1. The average Bonchev–Trinajstić information content (AvgIpc) is 3.10. The zero-order valence-corrected chi connectivity index (χ0v) is 18.1. The molecule has 1 aliphatic carbocycles. The van der Waals surface area contributed by atoms with Crippen molar-refractivity contribution in [2.75, 3.05) is 14.2 Å². The van der Waals surface area contributed by atoms with E-state index >= 15 is 0 Å². The molecule has 0 amide bonds. The number of hydrogen-bond acceptors (Lipinski definition) is 4. The van der Waals surface area contributed by atoms with Crippen molar-refractivity contribution < 1.29 is 24.2 Å². The van der Waals surface area contributed by atoms with Gasteiger partial charge in [0.1, 0.15) is 5.78 Å². The minimum Gasteiger partial charge on any atom is -0.477 e. The smallest absolute Gasteiger partial charge is 0.364 e. The van der Waals surface area contributed by atoms with E-state index in [1.807, 2.05) is 18.2 Å². The van der Waals surface area contributed by atoms with Gasteiger partial charge in [-0.05, 0) is 50.0 Å². The topological polar surface area (TPSA) is 72.8 Å². The van der Waals surface area contributed by atoms with Crippen molar-refractivity contribution in [2.24, 2.45) is 11.8 Å². The van der Waals surface area contributed by atoms with Crippen molar-refractivity contribution in [1.29, 1.82) is 0 Å². The van der Waals surface area contributed by atoms with E-state index in [1.54, 1.807) is 0 Å². The van der Waals surface area contributed by atoms with E-state index in [0.29, 0.717) is 31.0 Å². The molecule has 2 atom stereocenters. The van der Waals surface area contributed by atoms with Gasteiger partial charge in [-0.2, -0.15) is 0 Å². The number of ketones is 1. The van der Waals surface area contributed by atoms with Gasteiger partial charge in [-0.3, -0.25) is 4.79 Å². The number of carboxylic acids is 1. The molecule has 5 nitrogen and oxygen atoms in total. The molecule has 0 unspecified atom stereocenters. The first-order valence-corrected chi connectivity index (χ1v) is 10.7. The van der Waals surface area contributed by atoms with Crippen molar-refractivity contribution in [3.05, 3.63) is 60.2 Å². The van der Waals surface area contributed by atoms with Gasteiger partial charge in [-0.15, -0.1) is 0 Å². The van der Waals surface area contributed by atoms with Crippen molar-refractivity contribution in [1.82, 2.24) is 0 Å². The molecule has 2 rings (SSSR count). The van der Waals surface area contributed by atoms with Crippen LogP contribution < -0.4 is 0 Å². The van der Waals surface area contributed by atoms with Gasteiger partial charge in [0.05, 0.1) is 0 Å². The molecule has 1 aliphatic rings. The third kappa shape index (κ3) is 6.92. The monoisotopic (exact) mass is 414 g/mol. The van der Waals surface area contributed by atoms with Crippen LogP contribution in [0.3, 0.4) is 0 Å². The van der Waals surface area contributed by atoms with Crippen LogP contribution in [0, 0.1) is 11.8 Å². The minimum absolute atomic E-state index is 0.0284. The van der Waals surface area contributed by atoms with Crippen LogP contribution in [0.2, 0.25) is 0 Å². The quantitative estimate of drug-likeness (QED) is 0.281. The third-order valence-electron chi connectivity index (χ3n) is 5.90. The van der Waals surface area contributed by atoms with Gasteiger partial charge in [0.2, 0.25) is 0 Å². The molecule has 0 bridgehead atoms. The molecule has 0 spiro atoms. The van der Waals surface area contributed by atoms with Gasteiger partial charge in [0.15, 0.2) is 0 Å². The third-order valence-corrected chi connectivity index (χ3v) is 5.90. The zero-order valence-electron chi connectivity index (χ0n) is 18.1. The summed E-state index contributed by atoms with van der Waals surface area (Å²) in [6.45, 7) is 0. The van der Waals surface area contributed by atoms with E-state index in [9.17, 15) is 14.7 Å². The highest BCUT2D eigenvalue weighted by atomic mass is 16.7. The molecule has 0 saturated heterocycles. The standard InChI is InChI=1S/C25H34O5/c1-29-25(30-2,24(27)28)19-11-5-10-16-22-21(17-18-23(22)26)15-9-4-8-14-20-12-6-3-7-13-20/h3,5-7,9-10,12-13,15,21-22H,4,8,11,14,16-19H2,1-2H3,(H,27,28)/b10-5-,15-9+/t21-,22+/m0/s1. The molecule has 164 valence electrons. The second-order valence-corrected chi connectivity index (χ2v) is 7.79. The molecule has 5 heteroatoms. The van der Waals surface area contributed by atoms with Gasteiger partial charge in [-0.25, -0.2) is 4.79 Å². The molecule has 1 aromatic carbocycles. The summed E-state index contributed by atoms with van der Waals surface area (Å²) in [4.78, 5) is 23.6. The Bertz CT molecular complexity index is 718. The van der Waals surface area contributed by atoms with Crippen LogP contribution in [0.5, 0.6) is 0 Å². The summed E-state index contributed by atoms with van der Waals surface area (Å²) in [7, 11) is 2.66. The van der Waals surface area contributed by atoms with Crippen LogP contribution in [0.15, 0.2) is 54.6 Å². The number of ether oxygens (including phenoxy) is 2. The van der Waals surface area contributed by atoms with Gasteiger partial charge in [0, 0.05) is 33.0 Å². The van der Waals surface area contributed by atoms with Crippen LogP contribution in [0.1, 0.15) is 50.5 Å². The zero-order chi connectivity index (χ0) is 21.8. The number of carboxylic acid groups (broad SMARTS) is 1. The number of Topliss-reactive ketones (excluding diaryl/α,β-unsaturated/α-hetero) is 1. The summed E-state index contributed by atoms with van der Waals surface area (Å²) in [6, 6.07) is 10.5. The number of carbonyl (C=O) groups excluding carboxylic acids is 1. The Morgan fingerprint density at radius 3 is 2.53 bits per heavy atom. The van der Waals surface area contributed by atoms with Crippen LogP contribution in [0.4, 0.5) is 0 Å².